The number of rotatable bonds is 4. The minimum absolute atomic E-state index is 0.00361. The number of carbonyl (C=O) groups is 1. The minimum Gasteiger partial charge on any atom is -0.481 e. The third-order valence-corrected chi connectivity index (χ3v) is 4.13. The van der Waals surface area contributed by atoms with Crippen molar-refractivity contribution >= 4 is 11.7 Å². The van der Waals surface area contributed by atoms with Gasteiger partial charge in [-0.05, 0) is 24.7 Å². The number of hydrogen-bond acceptors (Lipinski definition) is 3. The Balaban J connectivity index is 2.35. The highest BCUT2D eigenvalue weighted by Gasteiger charge is 2.31. The van der Waals surface area contributed by atoms with E-state index in [4.69, 9.17) is 5.11 Å². The van der Waals surface area contributed by atoms with Gasteiger partial charge in [0.15, 0.2) is 0 Å². The summed E-state index contributed by atoms with van der Waals surface area (Å²) in [6.07, 6.45) is 4.86. The highest BCUT2D eigenvalue weighted by molar-refractivity contribution is 5.67. The second kappa shape index (κ2) is 6.50. The van der Waals surface area contributed by atoms with E-state index in [1.807, 2.05) is 0 Å². The van der Waals surface area contributed by atoms with Crippen LogP contribution in [-0.2, 0) is 4.79 Å². The monoisotopic (exact) mass is 277 g/mol. The van der Waals surface area contributed by atoms with Gasteiger partial charge in [0.25, 0.3) is 5.69 Å². The number of nitrogens with zero attached hydrogens (tertiary/aromatic N) is 1. The van der Waals surface area contributed by atoms with Crippen molar-refractivity contribution in [3.63, 3.8) is 0 Å². The lowest BCUT2D eigenvalue weighted by molar-refractivity contribution is -0.385. The number of hydrogen-bond donors (Lipinski definition) is 1. The lowest BCUT2D eigenvalue weighted by Gasteiger charge is -2.24. The van der Waals surface area contributed by atoms with Crippen molar-refractivity contribution in [1.29, 1.82) is 0 Å². The number of aliphatic carboxylic acids is 1. The lowest BCUT2D eigenvalue weighted by Crippen LogP contribution is -2.17. The molecule has 0 spiro atoms. The first kappa shape index (κ1) is 14.5. The van der Waals surface area contributed by atoms with Gasteiger partial charge in [-0.2, -0.15) is 0 Å². The van der Waals surface area contributed by atoms with Crippen molar-refractivity contribution in [2.45, 2.75) is 44.4 Å². The van der Waals surface area contributed by atoms with Crippen LogP contribution in [0.15, 0.2) is 24.3 Å². The lowest BCUT2D eigenvalue weighted by atomic mass is 9.80. The number of benzene rings is 1. The van der Waals surface area contributed by atoms with Gasteiger partial charge in [-0.25, -0.2) is 0 Å². The van der Waals surface area contributed by atoms with E-state index in [9.17, 15) is 14.9 Å². The zero-order valence-corrected chi connectivity index (χ0v) is 11.3. The van der Waals surface area contributed by atoms with E-state index in [-0.39, 0.29) is 28.9 Å². The minimum atomic E-state index is -0.819. The van der Waals surface area contributed by atoms with Gasteiger partial charge >= 0.3 is 5.97 Å². The summed E-state index contributed by atoms with van der Waals surface area (Å²) in [6.45, 7) is 0. The maximum Gasteiger partial charge on any atom is 0.303 e. The first-order chi connectivity index (χ1) is 9.59. The largest absolute Gasteiger partial charge is 0.481 e. The quantitative estimate of drug-likeness (QED) is 0.516. The third-order valence-electron chi connectivity index (χ3n) is 4.13. The maximum absolute atomic E-state index is 11.2. The van der Waals surface area contributed by atoms with Gasteiger partial charge in [-0.15, -0.1) is 0 Å². The summed E-state index contributed by atoms with van der Waals surface area (Å²) in [4.78, 5) is 21.8. The molecule has 1 aliphatic carbocycles. The molecule has 1 N–H and O–H groups in total. The zero-order chi connectivity index (χ0) is 14.5. The molecule has 0 aromatic heterocycles. The molecule has 1 aliphatic rings. The van der Waals surface area contributed by atoms with Crippen LogP contribution in [-0.4, -0.2) is 16.0 Å². The molecule has 1 fully saturated rings. The van der Waals surface area contributed by atoms with Crippen molar-refractivity contribution in [2.75, 3.05) is 0 Å². The molecule has 0 aliphatic heterocycles. The van der Waals surface area contributed by atoms with Gasteiger partial charge in [0.1, 0.15) is 0 Å². The fraction of sp³-hybridized carbons (Fsp3) is 0.533. The van der Waals surface area contributed by atoms with Crippen LogP contribution in [0.5, 0.6) is 0 Å². The average Bonchev–Trinajstić information content (AvgIpc) is 2.63. The zero-order valence-electron chi connectivity index (χ0n) is 11.3. The molecule has 1 saturated carbocycles. The molecular formula is C15H19NO4. The van der Waals surface area contributed by atoms with Crippen LogP contribution >= 0.6 is 0 Å². The van der Waals surface area contributed by atoms with Crippen LogP contribution < -0.4 is 0 Å². The van der Waals surface area contributed by atoms with Crippen molar-refractivity contribution in [2.24, 2.45) is 5.92 Å². The highest BCUT2D eigenvalue weighted by atomic mass is 16.6. The molecule has 5 heteroatoms. The Bertz CT molecular complexity index is 500. The first-order valence-corrected chi connectivity index (χ1v) is 7.04. The van der Waals surface area contributed by atoms with E-state index in [2.05, 4.69) is 0 Å². The topological polar surface area (TPSA) is 80.4 Å². The summed E-state index contributed by atoms with van der Waals surface area (Å²) in [6, 6.07) is 6.75. The third kappa shape index (κ3) is 3.35. The molecule has 2 unspecified atom stereocenters. The average molecular weight is 277 g/mol. The Morgan fingerprint density at radius 3 is 2.65 bits per heavy atom. The Morgan fingerprint density at radius 2 is 1.95 bits per heavy atom. The van der Waals surface area contributed by atoms with Crippen molar-refractivity contribution in [3.8, 4) is 0 Å². The SMILES string of the molecule is O=C(O)CC1CCCCCC1c1ccccc1[N+](=O)[O-]. The van der Waals surface area contributed by atoms with E-state index >= 15 is 0 Å². The number of carboxylic acids is 1. The van der Waals surface area contributed by atoms with Crippen molar-refractivity contribution in [1.82, 2.24) is 0 Å². The Kier molecular flexibility index (Phi) is 4.71. The fourth-order valence-corrected chi connectivity index (χ4v) is 3.23. The van der Waals surface area contributed by atoms with Crippen LogP contribution in [0.1, 0.15) is 50.0 Å². The summed E-state index contributed by atoms with van der Waals surface area (Å²) in [7, 11) is 0. The van der Waals surface area contributed by atoms with E-state index in [0.717, 1.165) is 32.1 Å². The summed E-state index contributed by atoms with van der Waals surface area (Å²) in [5, 5.41) is 20.2. The molecule has 0 amide bonds. The summed E-state index contributed by atoms with van der Waals surface area (Å²) in [5.41, 5.74) is 0.820. The van der Waals surface area contributed by atoms with Gasteiger partial charge in [0.05, 0.1) is 4.92 Å². The second-order valence-electron chi connectivity index (χ2n) is 5.42. The van der Waals surface area contributed by atoms with Crippen LogP contribution in [0, 0.1) is 16.0 Å². The fourth-order valence-electron chi connectivity index (χ4n) is 3.23. The molecule has 2 rings (SSSR count). The summed E-state index contributed by atoms with van der Waals surface area (Å²) < 4.78 is 0. The van der Waals surface area contributed by atoms with Gasteiger partial charge in [-0.1, -0.05) is 37.5 Å². The maximum atomic E-state index is 11.2. The Hall–Kier alpha value is -1.91. The molecule has 108 valence electrons. The molecule has 0 saturated heterocycles. The standard InChI is InChI=1S/C15H19NO4/c17-15(18)10-11-6-2-1-3-7-12(11)13-8-4-5-9-14(13)16(19)20/h4-5,8-9,11-12H,1-3,6-7,10H2,(H,17,18). The summed E-state index contributed by atoms with van der Waals surface area (Å²) >= 11 is 0. The van der Waals surface area contributed by atoms with Gasteiger partial charge in [0, 0.05) is 18.1 Å². The molecule has 0 heterocycles. The van der Waals surface area contributed by atoms with E-state index in [0.29, 0.717) is 5.56 Å². The predicted octanol–water partition coefficient (Wildman–Crippen LogP) is 3.73. The number of nitro groups is 1. The summed E-state index contributed by atoms with van der Waals surface area (Å²) in [5.74, 6) is -0.841. The molecule has 5 nitrogen and oxygen atoms in total. The highest BCUT2D eigenvalue weighted by Crippen LogP contribution is 2.41. The smallest absolute Gasteiger partial charge is 0.303 e. The van der Waals surface area contributed by atoms with Crippen LogP contribution in [0.25, 0.3) is 0 Å². The van der Waals surface area contributed by atoms with Crippen molar-refractivity contribution in [3.05, 3.63) is 39.9 Å². The molecule has 0 radical (unpaired) electrons. The van der Waals surface area contributed by atoms with Crippen LogP contribution in [0.4, 0.5) is 5.69 Å². The molecule has 1 aromatic rings. The van der Waals surface area contributed by atoms with E-state index < -0.39 is 5.97 Å². The number of carboxylic acid groups (broad SMARTS) is 1. The van der Waals surface area contributed by atoms with Crippen LogP contribution in [0.3, 0.4) is 0 Å². The molecule has 2 atom stereocenters. The van der Waals surface area contributed by atoms with Gasteiger partial charge in [-0.3, -0.25) is 14.9 Å². The van der Waals surface area contributed by atoms with Gasteiger partial charge in [0.2, 0.25) is 0 Å². The predicted molar refractivity (Wildman–Crippen MR) is 74.7 cm³/mol. The first-order valence-electron chi connectivity index (χ1n) is 7.04. The molecular weight excluding hydrogens is 258 g/mol. The molecule has 20 heavy (non-hydrogen) atoms. The molecule has 1 aromatic carbocycles. The van der Waals surface area contributed by atoms with E-state index in [1.54, 1.807) is 18.2 Å². The van der Waals surface area contributed by atoms with Gasteiger partial charge < -0.3 is 5.11 Å². The van der Waals surface area contributed by atoms with Crippen LogP contribution in [0.2, 0.25) is 0 Å². The second-order valence-corrected chi connectivity index (χ2v) is 5.42. The number of nitro benzene ring substituents is 1. The van der Waals surface area contributed by atoms with E-state index in [1.165, 1.54) is 6.07 Å². The normalized spacial score (nSPS) is 23.0. The Morgan fingerprint density at radius 1 is 1.25 bits per heavy atom. The number of para-hydroxylation sites is 1. The Labute approximate surface area is 117 Å². The molecule has 0 bridgehead atoms. The van der Waals surface area contributed by atoms with Crippen molar-refractivity contribution < 1.29 is 14.8 Å².